The highest BCUT2D eigenvalue weighted by Crippen LogP contribution is 2.22. The zero-order chi connectivity index (χ0) is 12.2. The van der Waals surface area contributed by atoms with Crippen molar-refractivity contribution in [2.75, 3.05) is 0 Å². The van der Waals surface area contributed by atoms with E-state index in [2.05, 4.69) is 5.10 Å². The molecule has 1 aromatic heterocycles. The van der Waals surface area contributed by atoms with Gasteiger partial charge in [-0.3, -0.25) is 4.79 Å². The average Bonchev–Trinajstić information content (AvgIpc) is 2.20. The lowest BCUT2D eigenvalue weighted by atomic mass is 9.88. The van der Waals surface area contributed by atoms with Gasteiger partial charge in [-0.25, -0.2) is 4.68 Å². The number of hydrogen-bond acceptors (Lipinski definition) is 3. The molecule has 0 spiro atoms. The lowest BCUT2D eigenvalue weighted by Crippen LogP contribution is -2.30. The molecule has 0 fully saturated rings. The summed E-state index contributed by atoms with van der Waals surface area (Å²) in [4.78, 5) is 11.9. The molecule has 1 rings (SSSR count). The average molecular weight is 239 g/mol. The first-order chi connectivity index (χ1) is 7.43. The Labute approximate surface area is 100 Å². The molecule has 88 valence electrons. The number of thiocarbonyl (C=S) groups is 1. The molecule has 1 heterocycles. The molecule has 0 saturated carbocycles. The number of aryl methyl sites for hydroxylation is 1. The fourth-order valence-electron chi connectivity index (χ4n) is 1.35. The van der Waals surface area contributed by atoms with E-state index < -0.39 is 0 Å². The van der Waals surface area contributed by atoms with Gasteiger partial charge in [0.1, 0.15) is 0 Å². The first kappa shape index (κ1) is 12.8. The summed E-state index contributed by atoms with van der Waals surface area (Å²) in [5, 5.41) is 3.98. The Morgan fingerprint density at radius 1 is 1.62 bits per heavy atom. The topological polar surface area (TPSA) is 60.9 Å². The quantitative estimate of drug-likeness (QED) is 0.788. The van der Waals surface area contributed by atoms with E-state index in [4.69, 9.17) is 18.0 Å². The van der Waals surface area contributed by atoms with Crippen LogP contribution >= 0.6 is 12.2 Å². The molecule has 0 aliphatic carbocycles. The van der Waals surface area contributed by atoms with Gasteiger partial charge in [-0.1, -0.05) is 26.1 Å². The first-order valence-electron chi connectivity index (χ1n) is 5.25. The smallest absolute Gasteiger partial charge is 0.266 e. The monoisotopic (exact) mass is 239 g/mol. The van der Waals surface area contributed by atoms with Gasteiger partial charge in [0.15, 0.2) is 0 Å². The van der Waals surface area contributed by atoms with Gasteiger partial charge in [-0.05, 0) is 18.9 Å². The second-order valence-corrected chi connectivity index (χ2v) is 4.88. The minimum absolute atomic E-state index is 0.0735. The van der Waals surface area contributed by atoms with Crippen LogP contribution in [-0.4, -0.2) is 14.8 Å². The fourth-order valence-corrected chi connectivity index (χ4v) is 1.45. The van der Waals surface area contributed by atoms with Crippen LogP contribution in [0.25, 0.3) is 0 Å². The summed E-state index contributed by atoms with van der Waals surface area (Å²) in [6.07, 6.45) is 3.30. The third-order valence-corrected chi connectivity index (χ3v) is 3.18. The molecular weight excluding hydrogens is 222 g/mol. The SMILES string of the molecule is CC(C)(CCCn1ncccc1=O)C(N)=S. The maximum Gasteiger partial charge on any atom is 0.266 e. The molecule has 2 N–H and O–H groups in total. The van der Waals surface area contributed by atoms with Crippen molar-refractivity contribution < 1.29 is 0 Å². The van der Waals surface area contributed by atoms with Crippen molar-refractivity contribution in [3.05, 3.63) is 28.7 Å². The van der Waals surface area contributed by atoms with Crippen molar-refractivity contribution in [2.45, 2.75) is 33.2 Å². The molecule has 0 radical (unpaired) electrons. The van der Waals surface area contributed by atoms with Gasteiger partial charge in [-0.15, -0.1) is 0 Å². The van der Waals surface area contributed by atoms with E-state index in [1.165, 1.54) is 10.7 Å². The van der Waals surface area contributed by atoms with Gasteiger partial charge in [0.25, 0.3) is 5.56 Å². The zero-order valence-corrected chi connectivity index (χ0v) is 10.5. The van der Waals surface area contributed by atoms with E-state index in [0.29, 0.717) is 11.5 Å². The normalized spacial score (nSPS) is 11.4. The highest BCUT2D eigenvalue weighted by molar-refractivity contribution is 7.80. The van der Waals surface area contributed by atoms with Crippen molar-refractivity contribution in [1.29, 1.82) is 0 Å². The Kier molecular flexibility index (Phi) is 4.18. The number of aromatic nitrogens is 2. The van der Waals surface area contributed by atoms with Gasteiger partial charge < -0.3 is 5.73 Å². The molecule has 0 aliphatic rings. The van der Waals surface area contributed by atoms with Gasteiger partial charge in [-0.2, -0.15) is 5.10 Å². The number of nitrogens with two attached hydrogens (primary N) is 1. The van der Waals surface area contributed by atoms with Crippen LogP contribution in [0.4, 0.5) is 0 Å². The van der Waals surface area contributed by atoms with Crippen LogP contribution in [0.2, 0.25) is 0 Å². The molecule has 0 aromatic carbocycles. The fraction of sp³-hybridized carbons (Fsp3) is 0.545. The van der Waals surface area contributed by atoms with E-state index >= 15 is 0 Å². The van der Waals surface area contributed by atoms with Crippen LogP contribution in [0.15, 0.2) is 23.1 Å². The van der Waals surface area contributed by atoms with Crippen LogP contribution in [-0.2, 0) is 6.54 Å². The van der Waals surface area contributed by atoms with Gasteiger partial charge in [0, 0.05) is 24.2 Å². The van der Waals surface area contributed by atoms with E-state index in [9.17, 15) is 4.79 Å². The molecule has 1 aromatic rings. The lowest BCUT2D eigenvalue weighted by Gasteiger charge is -2.22. The summed E-state index contributed by atoms with van der Waals surface area (Å²) < 4.78 is 1.45. The summed E-state index contributed by atoms with van der Waals surface area (Å²) in [5.41, 5.74) is 5.39. The summed E-state index contributed by atoms with van der Waals surface area (Å²) in [7, 11) is 0. The molecule has 0 atom stereocenters. The summed E-state index contributed by atoms with van der Waals surface area (Å²) in [6.45, 7) is 4.62. The maximum atomic E-state index is 11.4. The van der Waals surface area contributed by atoms with Gasteiger partial charge in [0.05, 0.1) is 4.99 Å². The highest BCUT2D eigenvalue weighted by Gasteiger charge is 2.20. The third-order valence-electron chi connectivity index (χ3n) is 2.62. The van der Waals surface area contributed by atoms with Gasteiger partial charge in [0.2, 0.25) is 0 Å². The maximum absolute atomic E-state index is 11.4. The number of hydrogen-bond donors (Lipinski definition) is 1. The molecule has 4 nitrogen and oxygen atoms in total. The molecule has 0 bridgehead atoms. The summed E-state index contributed by atoms with van der Waals surface area (Å²) in [5.74, 6) is 0. The Bertz CT molecular complexity index is 425. The molecule has 16 heavy (non-hydrogen) atoms. The number of rotatable bonds is 5. The Balaban J connectivity index is 2.51. The van der Waals surface area contributed by atoms with Crippen molar-refractivity contribution in [2.24, 2.45) is 11.1 Å². The second kappa shape index (κ2) is 5.21. The lowest BCUT2D eigenvalue weighted by molar-refractivity contribution is 0.420. The van der Waals surface area contributed by atoms with E-state index in [-0.39, 0.29) is 11.0 Å². The summed E-state index contributed by atoms with van der Waals surface area (Å²) in [6, 6.07) is 3.14. The minimum Gasteiger partial charge on any atom is -0.393 e. The van der Waals surface area contributed by atoms with Crippen molar-refractivity contribution in [3.63, 3.8) is 0 Å². The predicted octanol–water partition coefficient (Wildman–Crippen LogP) is 1.34. The van der Waals surface area contributed by atoms with Crippen LogP contribution in [0.5, 0.6) is 0 Å². The standard InChI is InChI=1S/C11H17N3OS/c1-11(2,10(12)16)6-4-8-14-9(15)5-3-7-13-14/h3,5,7H,4,6,8H2,1-2H3,(H2,12,16). The Morgan fingerprint density at radius 2 is 2.31 bits per heavy atom. The largest absolute Gasteiger partial charge is 0.393 e. The highest BCUT2D eigenvalue weighted by atomic mass is 32.1. The molecule has 0 saturated heterocycles. The molecule has 5 heteroatoms. The first-order valence-corrected chi connectivity index (χ1v) is 5.66. The third kappa shape index (κ3) is 3.41. The van der Waals surface area contributed by atoms with Crippen molar-refractivity contribution in [3.8, 4) is 0 Å². The molecule has 0 aliphatic heterocycles. The predicted molar refractivity (Wildman–Crippen MR) is 68.3 cm³/mol. The molecule has 0 unspecified atom stereocenters. The van der Waals surface area contributed by atoms with Crippen LogP contribution < -0.4 is 11.3 Å². The van der Waals surface area contributed by atoms with Crippen LogP contribution in [0.3, 0.4) is 0 Å². The molecular formula is C11H17N3OS. The minimum atomic E-state index is -0.159. The van der Waals surface area contributed by atoms with Crippen LogP contribution in [0, 0.1) is 5.41 Å². The zero-order valence-electron chi connectivity index (χ0n) is 9.64. The second-order valence-electron chi connectivity index (χ2n) is 4.44. The van der Waals surface area contributed by atoms with Crippen LogP contribution in [0.1, 0.15) is 26.7 Å². The van der Waals surface area contributed by atoms with E-state index in [1.807, 2.05) is 13.8 Å². The summed E-state index contributed by atoms with van der Waals surface area (Å²) >= 11 is 4.98. The van der Waals surface area contributed by atoms with Gasteiger partial charge >= 0.3 is 0 Å². The molecule has 0 amide bonds. The Hall–Kier alpha value is -1.23. The number of nitrogens with zero attached hydrogens (tertiary/aromatic N) is 2. The van der Waals surface area contributed by atoms with Crippen molar-refractivity contribution >= 4 is 17.2 Å². The van der Waals surface area contributed by atoms with E-state index in [0.717, 1.165) is 12.8 Å². The van der Waals surface area contributed by atoms with Crippen molar-refractivity contribution in [1.82, 2.24) is 9.78 Å². The van der Waals surface area contributed by atoms with E-state index in [1.54, 1.807) is 12.3 Å². The Morgan fingerprint density at radius 3 is 2.88 bits per heavy atom.